The fraction of sp³-hybridized carbons (Fsp3) is 0.333. The summed E-state index contributed by atoms with van der Waals surface area (Å²) in [6.45, 7) is 4.60. The number of benzene rings is 1. The second-order valence-corrected chi connectivity index (χ2v) is 4.78. The lowest BCUT2D eigenvalue weighted by Gasteiger charge is -2.21. The van der Waals surface area contributed by atoms with Crippen LogP contribution >= 0.6 is 11.6 Å². The van der Waals surface area contributed by atoms with Crippen molar-refractivity contribution in [1.82, 2.24) is 5.32 Å². The van der Waals surface area contributed by atoms with Gasteiger partial charge in [-0.2, -0.15) is 0 Å². The van der Waals surface area contributed by atoms with Crippen LogP contribution in [-0.2, 0) is 4.79 Å². The second kappa shape index (κ2) is 4.75. The van der Waals surface area contributed by atoms with Gasteiger partial charge in [-0.05, 0) is 44.5 Å². The first-order chi connectivity index (χ1) is 7.74. The van der Waals surface area contributed by atoms with Crippen LogP contribution in [0.1, 0.15) is 29.8 Å². The fourth-order valence-electron chi connectivity index (χ4n) is 1.29. The summed E-state index contributed by atoms with van der Waals surface area (Å²) in [6, 6.07) is 4.83. The average Bonchev–Trinajstić information content (AvgIpc) is 2.15. The van der Waals surface area contributed by atoms with E-state index in [2.05, 4.69) is 5.32 Å². The van der Waals surface area contributed by atoms with Gasteiger partial charge in [-0.1, -0.05) is 11.6 Å². The molecule has 0 heterocycles. The first kappa shape index (κ1) is 13.5. The summed E-state index contributed by atoms with van der Waals surface area (Å²) in [5.41, 5.74) is -0.178. The Morgan fingerprint density at radius 1 is 1.35 bits per heavy atom. The van der Waals surface area contributed by atoms with Crippen LogP contribution in [0.4, 0.5) is 0 Å². The Hall–Kier alpha value is -1.55. The van der Waals surface area contributed by atoms with E-state index in [4.69, 9.17) is 16.7 Å². The van der Waals surface area contributed by atoms with Crippen molar-refractivity contribution in [2.45, 2.75) is 26.3 Å². The maximum atomic E-state index is 11.9. The molecule has 0 unspecified atom stereocenters. The third-order valence-electron chi connectivity index (χ3n) is 2.39. The number of aryl methyl sites for hydroxylation is 1. The number of rotatable bonds is 3. The Bertz CT molecular complexity index is 469. The molecular formula is C12H14ClNO3. The van der Waals surface area contributed by atoms with Crippen molar-refractivity contribution in [3.05, 3.63) is 34.3 Å². The number of hydrogen-bond acceptors (Lipinski definition) is 2. The Morgan fingerprint density at radius 2 is 1.94 bits per heavy atom. The number of hydrogen-bond donors (Lipinski definition) is 2. The topological polar surface area (TPSA) is 66.4 Å². The summed E-state index contributed by atoms with van der Waals surface area (Å²) in [5.74, 6) is -1.51. The van der Waals surface area contributed by atoms with E-state index in [1.165, 1.54) is 13.8 Å². The van der Waals surface area contributed by atoms with Crippen LogP contribution in [0.25, 0.3) is 0 Å². The minimum atomic E-state index is -1.30. The molecule has 0 spiro atoms. The predicted octanol–water partition coefficient (Wildman–Crippen LogP) is 2.24. The van der Waals surface area contributed by atoms with Crippen molar-refractivity contribution in [2.75, 3.05) is 0 Å². The lowest BCUT2D eigenvalue weighted by molar-refractivity contribution is -0.143. The van der Waals surface area contributed by atoms with E-state index in [1.807, 2.05) is 0 Å². The summed E-state index contributed by atoms with van der Waals surface area (Å²) >= 11 is 5.78. The molecule has 92 valence electrons. The highest BCUT2D eigenvalue weighted by molar-refractivity contribution is 6.30. The molecule has 0 fully saturated rings. The largest absolute Gasteiger partial charge is 0.480 e. The molecule has 5 heteroatoms. The Morgan fingerprint density at radius 3 is 2.41 bits per heavy atom. The van der Waals surface area contributed by atoms with Gasteiger partial charge in [0.15, 0.2) is 0 Å². The highest BCUT2D eigenvalue weighted by Gasteiger charge is 2.29. The van der Waals surface area contributed by atoms with E-state index >= 15 is 0 Å². The molecule has 2 N–H and O–H groups in total. The van der Waals surface area contributed by atoms with Crippen molar-refractivity contribution in [1.29, 1.82) is 0 Å². The van der Waals surface area contributed by atoms with Gasteiger partial charge in [0.1, 0.15) is 5.54 Å². The Balaban J connectivity index is 2.95. The minimum Gasteiger partial charge on any atom is -0.480 e. The number of amides is 1. The van der Waals surface area contributed by atoms with Crippen molar-refractivity contribution >= 4 is 23.5 Å². The van der Waals surface area contributed by atoms with E-state index in [9.17, 15) is 9.59 Å². The molecular weight excluding hydrogens is 242 g/mol. The molecule has 17 heavy (non-hydrogen) atoms. The zero-order valence-electron chi connectivity index (χ0n) is 9.87. The fourth-order valence-corrected chi connectivity index (χ4v) is 1.51. The number of nitrogens with one attached hydrogen (secondary N) is 1. The van der Waals surface area contributed by atoms with Crippen molar-refractivity contribution in [3.8, 4) is 0 Å². The molecule has 1 amide bonds. The van der Waals surface area contributed by atoms with Crippen molar-refractivity contribution in [2.24, 2.45) is 0 Å². The minimum absolute atomic E-state index is 0.420. The third-order valence-corrected chi connectivity index (χ3v) is 2.63. The second-order valence-electron chi connectivity index (χ2n) is 4.34. The smallest absolute Gasteiger partial charge is 0.328 e. The van der Waals surface area contributed by atoms with Gasteiger partial charge in [0, 0.05) is 10.6 Å². The zero-order valence-corrected chi connectivity index (χ0v) is 10.6. The summed E-state index contributed by atoms with van der Waals surface area (Å²) in [6.07, 6.45) is 0. The van der Waals surface area contributed by atoms with E-state index in [0.717, 1.165) is 0 Å². The molecule has 1 aromatic carbocycles. The van der Waals surface area contributed by atoms with Gasteiger partial charge in [-0.15, -0.1) is 0 Å². The highest BCUT2D eigenvalue weighted by Crippen LogP contribution is 2.16. The number of carboxylic acids is 1. The van der Waals surface area contributed by atoms with E-state index in [-0.39, 0.29) is 0 Å². The van der Waals surface area contributed by atoms with Crippen LogP contribution in [-0.4, -0.2) is 22.5 Å². The third kappa shape index (κ3) is 3.20. The molecule has 0 saturated carbocycles. The van der Waals surface area contributed by atoms with E-state index < -0.39 is 17.4 Å². The highest BCUT2D eigenvalue weighted by atomic mass is 35.5. The molecule has 1 aromatic rings. The molecule has 0 aromatic heterocycles. The summed E-state index contributed by atoms with van der Waals surface area (Å²) < 4.78 is 0. The van der Waals surface area contributed by atoms with Gasteiger partial charge in [0.2, 0.25) is 0 Å². The molecule has 0 aliphatic carbocycles. The van der Waals surface area contributed by atoms with Crippen LogP contribution in [0.3, 0.4) is 0 Å². The molecule has 0 saturated heterocycles. The number of carboxylic acid groups (broad SMARTS) is 1. The Kier molecular flexibility index (Phi) is 3.78. The van der Waals surface area contributed by atoms with Gasteiger partial charge in [-0.25, -0.2) is 4.79 Å². The monoisotopic (exact) mass is 255 g/mol. The van der Waals surface area contributed by atoms with Crippen LogP contribution in [0.15, 0.2) is 18.2 Å². The number of aliphatic carboxylic acids is 1. The standard InChI is InChI=1S/C12H14ClNO3/c1-7-6-8(13)4-5-9(7)10(15)14-12(2,3)11(16)17/h4-6H,1-3H3,(H,14,15)(H,16,17). The average molecular weight is 256 g/mol. The summed E-state index contributed by atoms with van der Waals surface area (Å²) in [5, 5.41) is 11.9. The normalized spacial score (nSPS) is 11.1. The molecule has 0 radical (unpaired) electrons. The van der Waals surface area contributed by atoms with Gasteiger partial charge in [0.25, 0.3) is 5.91 Å². The number of carbonyl (C=O) groups is 2. The predicted molar refractivity (Wildman–Crippen MR) is 65.4 cm³/mol. The lowest BCUT2D eigenvalue weighted by atomic mass is 10.0. The maximum absolute atomic E-state index is 11.9. The van der Waals surface area contributed by atoms with E-state index in [1.54, 1.807) is 25.1 Å². The van der Waals surface area contributed by atoms with Crippen LogP contribution in [0.2, 0.25) is 5.02 Å². The summed E-state index contributed by atoms with van der Waals surface area (Å²) in [4.78, 5) is 22.8. The molecule has 0 bridgehead atoms. The van der Waals surface area contributed by atoms with Crippen LogP contribution in [0, 0.1) is 6.92 Å². The van der Waals surface area contributed by atoms with Gasteiger partial charge < -0.3 is 10.4 Å². The first-order valence-electron chi connectivity index (χ1n) is 5.06. The van der Waals surface area contributed by atoms with Crippen LogP contribution < -0.4 is 5.32 Å². The molecule has 1 rings (SSSR count). The number of halogens is 1. The van der Waals surface area contributed by atoms with Crippen molar-refractivity contribution in [3.63, 3.8) is 0 Å². The van der Waals surface area contributed by atoms with Gasteiger partial charge >= 0.3 is 5.97 Å². The van der Waals surface area contributed by atoms with Crippen LogP contribution in [0.5, 0.6) is 0 Å². The molecule has 0 aliphatic heterocycles. The molecule has 0 atom stereocenters. The number of carbonyl (C=O) groups excluding carboxylic acids is 1. The maximum Gasteiger partial charge on any atom is 0.328 e. The Labute approximate surface area is 105 Å². The molecule has 4 nitrogen and oxygen atoms in total. The lowest BCUT2D eigenvalue weighted by Crippen LogP contribution is -2.49. The van der Waals surface area contributed by atoms with Gasteiger partial charge in [0.05, 0.1) is 0 Å². The SMILES string of the molecule is Cc1cc(Cl)ccc1C(=O)NC(C)(C)C(=O)O. The zero-order chi connectivity index (χ0) is 13.2. The van der Waals surface area contributed by atoms with Crippen molar-refractivity contribution < 1.29 is 14.7 Å². The first-order valence-corrected chi connectivity index (χ1v) is 5.44. The summed E-state index contributed by atoms with van der Waals surface area (Å²) in [7, 11) is 0. The van der Waals surface area contributed by atoms with Gasteiger partial charge in [-0.3, -0.25) is 4.79 Å². The van der Waals surface area contributed by atoms with E-state index in [0.29, 0.717) is 16.1 Å². The quantitative estimate of drug-likeness (QED) is 0.871. The molecule has 0 aliphatic rings.